The topological polar surface area (TPSA) is 45.2 Å². The average molecular weight is 402 g/mol. The summed E-state index contributed by atoms with van der Waals surface area (Å²) in [6.45, 7) is 7.47. The maximum absolute atomic E-state index is 13.1. The maximum Gasteiger partial charge on any atom is 0.256 e. The van der Waals surface area contributed by atoms with E-state index in [2.05, 4.69) is 10.2 Å². The van der Waals surface area contributed by atoms with Crippen LogP contribution in [0.5, 0.6) is 0 Å². The van der Waals surface area contributed by atoms with E-state index in [1.807, 2.05) is 74.5 Å². The Kier molecular flexibility index (Phi) is 6.44. The number of hydrogen-bond acceptors (Lipinski definition) is 3. The second-order valence-corrected chi connectivity index (χ2v) is 8.11. The van der Waals surface area contributed by atoms with Crippen LogP contribution in [-0.2, 0) is 0 Å². The number of carbonyl (C=O) groups excluding carboxylic acids is 1. The molecule has 2 aromatic carbocycles. The molecule has 4 nitrogen and oxygen atoms in total. The predicted molar refractivity (Wildman–Crippen MR) is 124 cm³/mol. The van der Waals surface area contributed by atoms with Crippen LogP contribution in [0.25, 0.3) is 10.9 Å². The Balaban J connectivity index is 0.00000106. The van der Waals surface area contributed by atoms with Crippen molar-refractivity contribution in [1.29, 1.82) is 0 Å². The summed E-state index contributed by atoms with van der Waals surface area (Å²) in [4.78, 5) is 20.7. The lowest BCUT2D eigenvalue weighted by atomic mass is 9.88. The van der Waals surface area contributed by atoms with E-state index in [1.165, 1.54) is 32.4 Å². The standard InChI is InChI=1S/C24H25N3O.C2H6/c28-24(25-19-6-2-1-3-7-19)21-15-23(26-22-9-5-4-8-20(21)22)18-14-17-10-12-27(16-18)13-11-17;1-2/h1-9,15,17-18H,10-14,16H2,(H,25,28);1-2H3. The zero-order valence-corrected chi connectivity index (χ0v) is 18.0. The largest absolute Gasteiger partial charge is 0.322 e. The number of rotatable bonds is 3. The predicted octanol–water partition coefficient (Wildman–Crippen LogP) is 5.71. The Hall–Kier alpha value is -2.72. The second-order valence-electron chi connectivity index (χ2n) is 8.11. The number of nitrogens with zero attached hydrogens (tertiary/aromatic N) is 2. The fourth-order valence-electron chi connectivity index (χ4n) is 4.72. The molecule has 1 unspecified atom stereocenters. The fourth-order valence-corrected chi connectivity index (χ4v) is 4.72. The van der Waals surface area contributed by atoms with E-state index < -0.39 is 0 Å². The molecule has 4 heteroatoms. The Labute approximate surface area is 179 Å². The van der Waals surface area contributed by atoms with Gasteiger partial charge < -0.3 is 10.2 Å². The van der Waals surface area contributed by atoms with Crippen LogP contribution in [0.3, 0.4) is 0 Å². The highest BCUT2D eigenvalue weighted by Gasteiger charge is 2.31. The van der Waals surface area contributed by atoms with E-state index in [0.717, 1.165) is 40.3 Å². The molecule has 3 saturated heterocycles. The first-order chi connectivity index (χ1) is 14.8. The molecule has 1 aromatic heterocycles. The number of aromatic nitrogens is 1. The molecule has 3 fully saturated rings. The molecule has 1 amide bonds. The van der Waals surface area contributed by atoms with Gasteiger partial charge >= 0.3 is 0 Å². The third-order valence-electron chi connectivity index (χ3n) is 6.23. The van der Waals surface area contributed by atoms with Crippen molar-refractivity contribution >= 4 is 22.5 Å². The normalized spacial score (nSPS) is 22.7. The Morgan fingerprint density at radius 2 is 1.70 bits per heavy atom. The minimum atomic E-state index is -0.0667. The number of anilines is 1. The van der Waals surface area contributed by atoms with Crippen LogP contribution < -0.4 is 5.32 Å². The third-order valence-corrected chi connectivity index (χ3v) is 6.23. The number of carbonyl (C=O) groups is 1. The van der Waals surface area contributed by atoms with E-state index in [4.69, 9.17) is 4.98 Å². The lowest BCUT2D eigenvalue weighted by Gasteiger charge is -2.26. The SMILES string of the molecule is CC.O=C(Nc1ccccc1)c1cc(C2CC3CCN(CC3)C2)nc2ccccc12. The summed E-state index contributed by atoms with van der Waals surface area (Å²) < 4.78 is 0. The summed E-state index contributed by atoms with van der Waals surface area (Å²) in [6.07, 6.45) is 3.78. The Morgan fingerprint density at radius 1 is 1.00 bits per heavy atom. The summed E-state index contributed by atoms with van der Waals surface area (Å²) in [5.74, 6) is 1.13. The number of amides is 1. The molecule has 30 heavy (non-hydrogen) atoms. The number of para-hydroxylation sites is 2. The number of nitrogens with one attached hydrogen (secondary N) is 1. The first-order valence-electron chi connectivity index (χ1n) is 11.2. The molecule has 1 N–H and O–H groups in total. The van der Waals surface area contributed by atoms with Crippen molar-refractivity contribution in [3.63, 3.8) is 0 Å². The lowest BCUT2D eigenvalue weighted by molar-refractivity contribution is 0.102. The summed E-state index contributed by atoms with van der Waals surface area (Å²) >= 11 is 0. The monoisotopic (exact) mass is 401 g/mol. The van der Waals surface area contributed by atoms with Gasteiger partial charge in [0.15, 0.2) is 0 Å². The van der Waals surface area contributed by atoms with Gasteiger partial charge in [-0.25, -0.2) is 0 Å². The second kappa shape index (κ2) is 9.40. The van der Waals surface area contributed by atoms with Crippen molar-refractivity contribution in [2.75, 3.05) is 25.0 Å². The zero-order chi connectivity index (χ0) is 20.9. The van der Waals surface area contributed by atoms with Gasteiger partial charge in [0.05, 0.1) is 11.1 Å². The molecule has 0 spiro atoms. The van der Waals surface area contributed by atoms with E-state index in [-0.39, 0.29) is 5.91 Å². The molecule has 0 aliphatic carbocycles. The number of piperidine rings is 1. The van der Waals surface area contributed by atoms with Gasteiger partial charge in [-0.1, -0.05) is 50.2 Å². The summed E-state index contributed by atoms with van der Waals surface area (Å²) in [7, 11) is 0. The summed E-state index contributed by atoms with van der Waals surface area (Å²) in [5, 5.41) is 3.96. The smallest absolute Gasteiger partial charge is 0.256 e. The molecule has 6 rings (SSSR count). The zero-order valence-electron chi connectivity index (χ0n) is 18.0. The van der Waals surface area contributed by atoms with Crippen LogP contribution >= 0.6 is 0 Å². The Morgan fingerprint density at radius 3 is 2.47 bits per heavy atom. The Bertz CT molecular complexity index is 980. The molecule has 156 valence electrons. The van der Waals surface area contributed by atoms with Crippen LogP contribution in [0.1, 0.15) is 55.1 Å². The van der Waals surface area contributed by atoms with Gasteiger partial charge in [-0.05, 0) is 62.5 Å². The number of fused-ring (bicyclic) bond motifs is 5. The van der Waals surface area contributed by atoms with Crippen LogP contribution in [0.15, 0.2) is 60.7 Å². The van der Waals surface area contributed by atoms with Gasteiger partial charge in [-0.15, -0.1) is 0 Å². The molecule has 3 aromatic rings. The highest BCUT2D eigenvalue weighted by Crippen LogP contribution is 2.36. The van der Waals surface area contributed by atoms with Gasteiger partial charge in [-0.2, -0.15) is 0 Å². The summed E-state index contributed by atoms with van der Waals surface area (Å²) in [5.41, 5.74) is 3.50. The molecular formula is C26H31N3O. The van der Waals surface area contributed by atoms with Crippen LogP contribution in [0, 0.1) is 5.92 Å². The van der Waals surface area contributed by atoms with Gasteiger partial charge in [0, 0.05) is 29.2 Å². The van der Waals surface area contributed by atoms with E-state index in [9.17, 15) is 4.79 Å². The average Bonchev–Trinajstić information content (AvgIpc) is 3.14. The molecular weight excluding hydrogens is 370 g/mol. The third kappa shape index (κ3) is 4.39. The fraction of sp³-hybridized carbons (Fsp3) is 0.385. The van der Waals surface area contributed by atoms with Gasteiger partial charge in [0.25, 0.3) is 5.91 Å². The lowest BCUT2D eigenvalue weighted by Crippen LogP contribution is -2.31. The van der Waals surface area contributed by atoms with Gasteiger partial charge in [0.1, 0.15) is 0 Å². The minimum absolute atomic E-state index is 0.0667. The first kappa shape index (κ1) is 20.5. The van der Waals surface area contributed by atoms with E-state index in [0.29, 0.717) is 5.92 Å². The number of hydrogen-bond donors (Lipinski definition) is 1. The van der Waals surface area contributed by atoms with Crippen LogP contribution in [-0.4, -0.2) is 35.4 Å². The van der Waals surface area contributed by atoms with Crippen molar-refractivity contribution in [1.82, 2.24) is 9.88 Å². The van der Waals surface area contributed by atoms with Gasteiger partial charge in [-0.3, -0.25) is 9.78 Å². The molecule has 3 aliphatic rings. The maximum atomic E-state index is 13.1. The molecule has 0 radical (unpaired) electrons. The van der Waals surface area contributed by atoms with Crippen LogP contribution in [0.2, 0.25) is 0 Å². The molecule has 4 heterocycles. The van der Waals surface area contributed by atoms with Crippen molar-refractivity contribution in [2.45, 2.75) is 39.0 Å². The molecule has 2 bridgehead atoms. The van der Waals surface area contributed by atoms with Crippen molar-refractivity contribution in [2.24, 2.45) is 5.92 Å². The van der Waals surface area contributed by atoms with Crippen molar-refractivity contribution < 1.29 is 4.79 Å². The molecule has 1 atom stereocenters. The molecule has 0 saturated carbocycles. The first-order valence-corrected chi connectivity index (χ1v) is 11.2. The van der Waals surface area contributed by atoms with E-state index in [1.54, 1.807) is 0 Å². The van der Waals surface area contributed by atoms with Crippen LogP contribution in [0.4, 0.5) is 5.69 Å². The minimum Gasteiger partial charge on any atom is -0.322 e. The van der Waals surface area contributed by atoms with E-state index >= 15 is 0 Å². The highest BCUT2D eigenvalue weighted by atomic mass is 16.1. The quantitative estimate of drug-likeness (QED) is 0.611. The number of benzene rings is 2. The molecule has 3 aliphatic heterocycles. The summed E-state index contributed by atoms with van der Waals surface area (Å²) in [6, 6.07) is 19.7. The van der Waals surface area contributed by atoms with Crippen molar-refractivity contribution in [3.05, 3.63) is 71.9 Å². The van der Waals surface area contributed by atoms with Crippen molar-refractivity contribution in [3.8, 4) is 0 Å². The van der Waals surface area contributed by atoms with Gasteiger partial charge in [0.2, 0.25) is 0 Å². The highest BCUT2D eigenvalue weighted by molar-refractivity contribution is 6.12. The number of pyridine rings is 1.